The lowest BCUT2D eigenvalue weighted by molar-refractivity contribution is 0.478. The van der Waals surface area contributed by atoms with Crippen LogP contribution in [0.25, 0.3) is 38.4 Å². The summed E-state index contributed by atoms with van der Waals surface area (Å²) in [6, 6.07) is 32.8. The summed E-state index contributed by atoms with van der Waals surface area (Å²) in [6.45, 7) is 6.52. The van der Waals surface area contributed by atoms with E-state index in [1.165, 1.54) is 17.7 Å². The van der Waals surface area contributed by atoms with Crippen LogP contribution in [-0.2, 0) is 5.41 Å². The van der Waals surface area contributed by atoms with Gasteiger partial charge in [0.15, 0.2) is 0 Å². The number of aromatic nitrogens is 2. The summed E-state index contributed by atoms with van der Waals surface area (Å²) < 4.78 is 13.2. The van der Waals surface area contributed by atoms with Gasteiger partial charge in [0, 0.05) is 6.07 Å². The number of nitrogens with one attached hydrogen (secondary N) is 1. The van der Waals surface area contributed by atoms with Gasteiger partial charge in [-0.15, -0.1) is 0 Å². The molecule has 0 atom stereocenters. The van der Waals surface area contributed by atoms with E-state index in [-0.39, 0.29) is 27.0 Å². The van der Waals surface area contributed by atoms with Crippen LogP contribution in [0.5, 0.6) is 23.0 Å². The van der Waals surface area contributed by atoms with Gasteiger partial charge in [-0.2, -0.15) is 0 Å². The van der Waals surface area contributed by atoms with Gasteiger partial charge in [-0.3, -0.25) is 24.2 Å². The largest absolute Gasteiger partial charge is 0.457 e. The Morgan fingerprint density at radius 2 is 1.00 bits per heavy atom. The second-order valence-corrected chi connectivity index (χ2v) is 12.2. The monoisotopic (exact) mass is 608 g/mol. The minimum Gasteiger partial charge on any atom is -0.457 e. The van der Waals surface area contributed by atoms with E-state index in [0.29, 0.717) is 17.2 Å². The molecule has 0 saturated heterocycles. The van der Waals surface area contributed by atoms with Gasteiger partial charge in [0.2, 0.25) is 0 Å². The highest BCUT2D eigenvalue weighted by Gasteiger charge is 2.19. The number of nitrogens with zero attached hydrogens (tertiary/aromatic N) is 1. The smallest absolute Gasteiger partial charge is 0.266 e. The number of ether oxygens (including phenoxy) is 2. The number of hydrogen-bond donors (Lipinski definition) is 1. The first-order valence-corrected chi connectivity index (χ1v) is 14.7. The molecule has 0 unspecified atom stereocenters. The molecular weight excluding hydrogens is 580 g/mol. The predicted molar refractivity (Wildman–Crippen MR) is 180 cm³/mol. The average Bonchev–Trinajstić information content (AvgIpc) is 3.46. The SMILES string of the molecule is CC(C)(C)c1cccc(Oc2ccc(-c3ccc(Oc4cccc(-n5c(=O)c6cc7c(=O)[nH]c(=O)c7cc6c5=O)c4)cc3)cc2)c1. The molecule has 46 heavy (non-hydrogen) atoms. The molecule has 1 N–H and O–H groups in total. The minimum absolute atomic E-state index is 0.0337. The Kier molecular flexibility index (Phi) is 6.78. The lowest BCUT2D eigenvalue weighted by atomic mass is 9.87. The average molecular weight is 609 g/mol. The second-order valence-electron chi connectivity index (χ2n) is 12.2. The van der Waals surface area contributed by atoms with Gasteiger partial charge in [-0.25, -0.2) is 4.57 Å². The quantitative estimate of drug-likeness (QED) is 0.218. The molecule has 0 radical (unpaired) electrons. The third-order valence-electron chi connectivity index (χ3n) is 8.03. The predicted octanol–water partition coefficient (Wildman–Crippen LogP) is 6.98. The summed E-state index contributed by atoms with van der Waals surface area (Å²) >= 11 is 0. The van der Waals surface area contributed by atoms with Crippen molar-refractivity contribution in [3.8, 4) is 39.8 Å². The molecule has 0 spiro atoms. The molecule has 0 amide bonds. The molecule has 7 aromatic rings. The zero-order chi connectivity index (χ0) is 32.2. The van der Waals surface area contributed by atoms with Gasteiger partial charge in [0.05, 0.1) is 27.2 Å². The number of aromatic amines is 1. The van der Waals surface area contributed by atoms with Crippen LogP contribution in [0.15, 0.2) is 128 Å². The Labute approximate surface area is 262 Å². The maximum atomic E-state index is 13.2. The lowest BCUT2D eigenvalue weighted by Gasteiger charge is -2.19. The first-order chi connectivity index (χ1) is 22.0. The maximum Gasteiger partial charge on any atom is 0.266 e. The summed E-state index contributed by atoms with van der Waals surface area (Å²) in [7, 11) is 0. The molecule has 0 saturated carbocycles. The third-order valence-corrected chi connectivity index (χ3v) is 8.03. The molecule has 0 aliphatic rings. The number of H-pyrrole nitrogens is 1. The van der Waals surface area contributed by atoms with Crippen LogP contribution in [0.2, 0.25) is 0 Å². The highest BCUT2D eigenvalue weighted by atomic mass is 16.5. The van der Waals surface area contributed by atoms with Gasteiger partial charge in [-0.1, -0.05) is 63.2 Å². The number of fused-ring (bicyclic) bond motifs is 2. The molecule has 8 heteroatoms. The Hall–Kier alpha value is -6.02. The van der Waals surface area contributed by atoms with Crippen LogP contribution in [-0.4, -0.2) is 9.55 Å². The van der Waals surface area contributed by atoms with E-state index >= 15 is 0 Å². The van der Waals surface area contributed by atoms with Crippen molar-refractivity contribution in [2.45, 2.75) is 26.2 Å². The van der Waals surface area contributed by atoms with Crippen molar-refractivity contribution in [3.05, 3.63) is 156 Å². The molecule has 2 aromatic heterocycles. The molecule has 0 aliphatic carbocycles. The molecule has 0 bridgehead atoms. The first-order valence-electron chi connectivity index (χ1n) is 14.7. The van der Waals surface area contributed by atoms with Gasteiger partial charge in [-0.05, 0) is 82.8 Å². The van der Waals surface area contributed by atoms with Gasteiger partial charge >= 0.3 is 0 Å². The van der Waals surface area contributed by atoms with E-state index in [9.17, 15) is 19.2 Å². The van der Waals surface area contributed by atoms with Crippen LogP contribution in [0.4, 0.5) is 0 Å². The van der Waals surface area contributed by atoms with Crippen LogP contribution in [0, 0.1) is 0 Å². The summed E-state index contributed by atoms with van der Waals surface area (Å²) in [5.74, 6) is 2.54. The highest BCUT2D eigenvalue weighted by Crippen LogP contribution is 2.31. The molecule has 5 aromatic carbocycles. The molecule has 7 rings (SSSR count). The van der Waals surface area contributed by atoms with Crippen LogP contribution < -0.4 is 31.7 Å². The third kappa shape index (κ3) is 5.20. The van der Waals surface area contributed by atoms with Crippen molar-refractivity contribution in [1.82, 2.24) is 9.55 Å². The fourth-order valence-electron chi connectivity index (χ4n) is 5.55. The minimum atomic E-state index is -0.591. The number of hydrogen-bond acceptors (Lipinski definition) is 6. The van der Waals surface area contributed by atoms with E-state index in [4.69, 9.17) is 9.47 Å². The maximum absolute atomic E-state index is 13.2. The van der Waals surface area contributed by atoms with Crippen LogP contribution >= 0.6 is 0 Å². The number of benzene rings is 5. The molecule has 0 aliphatic heterocycles. The molecule has 226 valence electrons. The van der Waals surface area contributed by atoms with E-state index < -0.39 is 22.2 Å². The van der Waals surface area contributed by atoms with E-state index in [2.05, 4.69) is 37.9 Å². The van der Waals surface area contributed by atoms with Crippen molar-refractivity contribution < 1.29 is 9.47 Å². The molecular formula is C38H28N2O6. The molecule has 2 heterocycles. The van der Waals surface area contributed by atoms with E-state index in [0.717, 1.165) is 27.2 Å². The van der Waals surface area contributed by atoms with Gasteiger partial charge < -0.3 is 9.47 Å². The zero-order valence-electron chi connectivity index (χ0n) is 25.3. The molecule has 0 fully saturated rings. The van der Waals surface area contributed by atoms with Crippen molar-refractivity contribution >= 4 is 21.5 Å². The van der Waals surface area contributed by atoms with Gasteiger partial charge in [0.1, 0.15) is 23.0 Å². The summed E-state index contributed by atoms with van der Waals surface area (Å²) in [6.07, 6.45) is 0. The van der Waals surface area contributed by atoms with Crippen LogP contribution in [0.3, 0.4) is 0 Å². The summed E-state index contributed by atoms with van der Waals surface area (Å²) in [5.41, 5.74) is 1.22. The van der Waals surface area contributed by atoms with Crippen molar-refractivity contribution in [2.24, 2.45) is 0 Å². The van der Waals surface area contributed by atoms with Crippen molar-refractivity contribution in [1.29, 1.82) is 0 Å². The second kappa shape index (κ2) is 10.9. The van der Waals surface area contributed by atoms with Gasteiger partial charge in [0.25, 0.3) is 22.2 Å². The zero-order valence-corrected chi connectivity index (χ0v) is 25.3. The Bertz CT molecular complexity index is 2400. The highest BCUT2D eigenvalue weighted by molar-refractivity contribution is 5.98. The Morgan fingerprint density at radius 3 is 1.50 bits per heavy atom. The Morgan fingerprint density at radius 1 is 0.522 bits per heavy atom. The molecule has 8 nitrogen and oxygen atoms in total. The van der Waals surface area contributed by atoms with Crippen LogP contribution in [0.1, 0.15) is 26.3 Å². The normalized spacial score (nSPS) is 11.7. The lowest BCUT2D eigenvalue weighted by Crippen LogP contribution is -2.23. The topological polar surface area (TPSA) is 107 Å². The number of rotatable bonds is 6. The summed E-state index contributed by atoms with van der Waals surface area (Å²) in [5, 5.41) is 0.312. The van der Waals surface area contributed by atoms with E-state index in [1.54, 1.807) is 24.3 Å². The summed E-state index contributed by atoms with van der Waals surface area (Å²) in [4.78, 5) is 52.8. The standard InChI is InChI=1S/C38H28N2O6/c1-38(2,3)24-6-4-8-28(18-24)45-26-14-10-22(11-15-26)23-12-16-27(17-13-23)46-29-9-5-7-25(19-29)40-36(43)32-20-30-31(21-33(32)37(40)44)35(42)39-34(30)41/h4-21H,1-3H3,(H,39,41,42). The van der Waals surface area contributed by atoms with Crippen molar-refractivity contribution in [2.75, 3.05) is 0 Å². The first kappa shape index (κ1) is 28.7. The fraction of sp³-hybridized carbons (Fsp3) is 0.105. The van der Waals surface area contributed by atoms with E-state index in [1.807, 2.05) is 60.7 Å². The fourth-order valence-corrected chi connectivity index (χ4v) is 5.55. The van der Waals surface area contributed by atoms with Crippen molar-refractivity contribution in [3.63, 3.8) is 0 Å². The Balaban J connectivity index is 1.09.